The van der Waals surface area contributed by atoms with E-state index in [0.717, 1.165) is 5.56 Å². The summed E-state index contributed by atoms with van der Waals surface area (Å²) in [6.45, 7) is 10.0. The van der Waals surface area contributed by atoms with Gasteiger partial charge in [0.25, 0.3) is 0 Å². The van der Waals surface area contributed by atoms with Crippen molar-refractivity contribution >= 4 is 5.91 Å². The van der Waals surface area contributed by atoms with Crippen molar-refractivity contribution in [1.29, 1.82) is 0 Å². The van der Waals surface area contributed by atoms with E-state index < -0.39 is 0 Å². The summed E-state index contributed by atoms with van der Waals surface area (Å²) in [6, 6.07) is 8.35. The third-order valence-electron chi connectivity index (χ3n) is 4.72. The maximum Gasteiger partial charge on any atom is 0.229 e. The summed E-state index contributed by atoms with van der Waals surface area (Å²) in [5.74, 6) is 1.85. The minimum absolute atomic E-state index is 0.0777. The smallest absolute Gasteiger partial charge is 0.229 e. The molecular formula is C20H26N2O3. The molecule has 0 aliphatic carbocycles. The summed E-state index contributed by atoms with van der Waals surface area (Å²) in [7, 11) is 0. The fourth-order valence-electron chi connectivity index (χ4n) is 3.07. The Balaban J connectivity index is 1.74. The van der Waals surface area contributed by atoms with Gasteiger partial charge in [0.2, 0.25) is 11.8 Å². The standard InChI is InChI=1S/C20H26N2O3/c1-13(2)16-5-7-17(8-6-16)20-21-18(15(4)25-20)11-19(23)22-9-10-24-12-14(22)3/h5-8,13-14H,9-12H2,1-4H3. The molecule has 25 heavy (non-hydrogen) atoms. The van der Waals surface area contributed by atoms with E-state index in [-0.39, 0.29) is 18.4 Å². The van der Waals surface area contributed by atoms with Gasteiger partial charge >= 0.3 is 0 Å². The molecule has 1 amide bonds. The maximum atomic E-state index is 12.6. The van der Waals surface area contributed by atoms with Crippen LogP contribution in [0.1, 0.15) is 43.7 Å². The number of benzene rings is 1. The van der Waals surface area contributed by atoms with Crippen LogP contribution >= 0.6 is 0 Å². The molecule has 0 saturated carbocycles. The summed E-state index contributed by atoms with van der Waals surface area (Å²) < 4.78 is 11.2. The number of hydrogen-bond acceptors (Lipinski definition) is 4. The average molecular weight is 342 g/mol. The Morgan fingerprint density at radius 1 is 1.32 bits per heavy atom. The number of hydrogen-bond donors (Lipinski definition) is 0. The van der Waals surface area contributed by atoms with Crippen molar-refractivity contribution in [2.24, 2.45) is 0 Å². The van der Waals surface area contributed by atoms with Crippen molar-refractivity contribution in [3.8, 4) is 11.5 Å². The van der Waals surface area contributed by atoms with Crippen molar-refractivity contribution in [2.75, 3.05) is 19.8 Å². The zero-order valence-electron chi connectivity index (χ0n) is 15.4. The van der Waals surface area contributed by atoms with Gasteiger partial charge in [-0.05, 0) is 37.5 Å². The number of carbonyl (C=O) groups excluding carboxylic acids is 1. The first kappa shape index (κ1) is 17.7. The molecule has 1 fully saturated rings. The molecule has 5 nitrogen and oxygen atoms in total. The molecule has 0 bridgehead atoms. The van der Waals surface area contributed by atoms with Crippen molar-refractivity contribution in [1.82, 2.24) is 9.88 Å². The van der Waals surface area contributed by atoms with Gasteiger partial charge in [-0.3, -0.25) is 4.79 Å². The number of amides is 1. The summed E-state index contributed by atoms with van der Waals surface area (Å²) in [6.07, 6.45) is 0.268. The second-order valence-corrected chi connectivity index (χ2v) is 6.99. The average Bonchev–Trinajstić information content (AvgIpc) is 2.96. The second-order valence-electron chi connectivity index (χ2n) is 6.99. The van der Waals surface area contributed by atoms with E-state index in [2.05, 4.69) is 31.0 Å². The lowest BCUT2D eigenvalue weighted by Crippen LogP contribution is -2.47. The lowest BCUT2D eigenvalue weighted by atomic mass is 10.0. The monoisotopic (exact) mass is 342 g/mol. The van der Waals surface area contributed by atoms with E-state index in [9.17, 15) is 4.79 Å². The third kappa shape index (κ3) is 3.93. The van der Waals surface area contributed by atoms with E-state index in [1.807, 2.05) is 30.9 Å². The summed E-state index contributed by atoms with van der Waals surface area (Å²) in [5.41, 5.74) is 2.93. The quantitative estimate of drug-likeness (QED) is 0.852. The van der Waals surface area contributed by atoms with E-state index >= 15 is 0 Å². The first-order valence-corrected chi connectivity index (χ1v) is 8.89. The first-order chi connectivity index (χ1) is 12.0. The van der Waals surface area contributed by atoms with E-state index in [1.165, 1.54) is 5.56 Å². The van der Waals surface area contributed by atoms with Crippen LogP contribution in [-0.4, -0.2) is 41.6 Å². The fourth-order valence-corrected chi connectivity index (χ4v) is 3.07. The van der Waals surface area contributed by atoms with E-state index in [0.29, 0.717) is 43.0 Å². The Labute approximate surface area is 149 Å². The molecule has 3 rings (SSSR count). The number of ether oxygens (including phenoxy) is 1. The molecule has 2 aromatic rings. The third-order valence-corrected chi connectivity index (χ3v) is 4.72. The molecule has 0 radical (unpaired) electrons. The summed E-state index contributed by atoms with van der Waals surface area (Å²) in [4.78, 5) is 19.0. The number of oxazole rings is 1. The number of aryl methyl sites for hydroxylation is 1. The van der Waals surface area contributed by atoms with Gasteiger partial charge in [0.1, 0.15) is 5.76 Å². The van der Waals surface area contributed by atoms with Crippen LogP contribution in [0.2, 0.25) is 0 Å². The zero-order chi connectivity index (χ0) is 18.0. The second kappa shape index (κ2) is 7.40. The molecule has 1 unspecified atom stereocenters. The van der Waals surface area contributed by atoms with Crippen LogP contribution in [0.15, 0.2) is 28.7 Å². The van der Waals surface area contributed by atoms with Crippen LogP contribution in [0.3, 0.4) is 0 Å². The highest BCUT2D eigenvalue weighted by atomic mass is 16.5. The largest absolute Gasteiger partial charge is 0.441 e. The lowest BCUT2D eigenvalue weighted by Gasteiger charge is -2.33. The van der Waals surface area contributed by atoms with Crippen molar-refractivity contribution in [2.45, 2.75) is 46.1 Å². The fraction of sp³-hybridized carbons (Fsp3) is 0.500. The number of morpholine rings is 1. The molecule has 1 aromatic carbocycles. The van der Waals surface area contributed by atoms with Crippen molar-refractivity contribution < 1.29 is 13.9 Å². The lowest BCUT2D eigenvalue weighted by molar-refractivity contribution is -0.138. The minimum Gasteiger partial charge on any atom is -0.441 e. The van der Waals surface area contributed by atoms with Crippen LogP contribution in [-0.2, 0) is 16.0 Å². The van der Waals surface area contributed by atoms with Crippen LogP contribution in [0, 0.1) is 6.92 Å². The molecule has 1 aliphatic rings. The minimum atomic E-state index is 0.0777. The highest BCUT2D eigenvalue weighted by Crippen LogP contribution is 2.25. The van der Waals surface area contributed by atoms with Crippen LogP contribution in [0.5, 0.6) is 0 Å². The van der Waals surface area contributed by atoms with Crippen LogP contribution in [0.25, 0.3) is 11.5 Å². The van der Waals surface area contributed by atoms with Crippen LogP contribution in [0.4, 0.5) is 0 Å². The number of rotatable bonds is 4. The van der Waals surface area contributed by atoms with Crippen molar-refractivity contribution in [3.05, 3.63) is 41.3 Å². The Hall–Kier alpha value is -2.14. The number of aromatic nitrogens is 1. The molecule has 0 spiro atoms. The highest BCUT2D eigenvalue weighted by molar-refractivity contribution is 5.79. The van der Waals surface area contributed by atoms with Gasteiger partial charge in [0.15, 0.2) is 0 Å². The molecule has 1 aliphatic heterocycles. The van der Waals surface area contributed by atoms with Gasteiger partial charge in [-0.25, -0.2) is 4.98 Å². The maximum absolute atomic E-state index is 12.6. The Morgan fingerprint density at radius 3 is 2.68 bits per heavy atom. The topological polar surface area (TPSA) is 55.6 Å². The van der Waals surface area contributed by atoms with Crippen LogP contribution < -0.4 is 0 Å². The number of nitrogens with zero attached hydrogens (tertiary/aromatic N) is 2. The van der Waals surface area contributed by atoms with Gasteiger partial charge in [0.05, 0.1) is 31.4 Å². The molecular weight excluding hydrogens is 316 g/mol. The molecule has 1 atom stereocenters. The van der Waals surface area contributed by atoms with Gasteiger partial charge in [0, 0.05) is 12.1 Å². The first-order valence-electron chi connectivity index (χ1n) is 8.89. The van der Waals surface area contributed by atoms with E-state index in [4.69, 9.17) is 9.15 Å². The Morgan fingerprint density at radius 2 is 2.04 bits per heavy atom. The van der Waals surface area contributed by atoms with Gasteiger partial charge in [-0.1, -0.05) is 26.0 Å². The van der Waals surface area contributed by atoms with Gasteiger partial charge in [-0.2, -0.15) is 0 Å². The molecule has 5 heteroatoms. The molecule has 134 valence electrons. The highest BCUT2D eigenvalue weighted by Gasteiger charge is 2.25. The molecule has 1 aromatic heterocycles. The van der Waals surface area contributed by atoms with Gasteiger partial charge in [-0.15, -0.1) is 0 Å². The SMILES string of the molecule is Cc1oc(-c2ccc(C(C)C)cc2)nc1CC(=O)N1CCOCC1C. The predicted octanol–water partition coefficient (Wildman–Crippen LogP) is 3.56. The molecule has 1 saturated heterocycles. The Kier molecular flexibility index (Phi) is 5.23. The number of carbonyl (C=O) groups is 1. The van der Waals surface area contributed by atoms with E-state index in [1.54, 1.807) is 0 Å². The molecule has 0 N–H and O–H groups in total. The van der Waals surface area contributed by atoms with Crippen molar-refractivity contribution in [3.63, 3.8) is 0 Å². The van der Waals surface area contributed by atoms with Gasteiger partial charge < -0.3 is 14.1 Å². The Bertz CT molecular complexity index is 734. The summed E-state index contributed by atoms with van der Waals surface area (Å²) in [5, 5.41) is 0. The summed E-state index contributed by atoms with van der Waals surface area (Å²) >= 11 is 0. The molecule has 2 heterocycles. The normalized spacial score (nSPS) is 18.0. The predicted molar refractivity (Wildman–Crippen MR) is 96.5 cm³/mol. The zero-order valence-corrected chi connectivity index (χ0v) is 15.4.